The number of carbonyl (C=O) groups excluding carboxylic acids is 1. The molecule has 1 rings (SSSR count). The molecule has 0 aliphatic carbocycles. The number of benzene rings is 1. The normalized spacial score (nSPS) is 11.8. The van der Waals surface area contributed by atoms with Crippen LogP contribution in [0.2, 0.25) is 0 Å². The molecule has 1 amide bonds. The Balaban J connectivity index is 2.62. The van der Waals surface area contributed by atoms with E-state index in [-0.39, 0.29) is 6.54 Å². The van der Waals surface area contributed by atoms with Crippen molar-refractivity contribution in [2.75, 3.05) is 27.8 Å². The summed E-state index contributed by atoms with van der Waals surface area (Å²) in [5.41, 5.74) is 0.724. The van der Waals surface area contributed by atoms with Crippen LogP contribution in [0.3, 0.4) is 0 Å². The number of hydrogen-bond donors (Lipinski definition) is 1. The molecule has 5 heteroatoms. The first kappa shape index (κ1) is 13.3. The first-order valence-corrected chi connectivity index (χ1v) is 5.19. The van der Waals surface area contributed by atoms with Crippen molar-refractivity contribution in [3.8, 4) is 5.75 Å². The number of methoxy groups -OCH3 is 2. The molecule has 1 aromatic carbocycles. The van der Waals surface area contributed by atoms with E-state index < -0.39 is 12.2 Å². The zero-order valence-corrected chi connectivity index (χ0v) is 10.2. The first-order chi connectivity index (χ1) is 8.08. The Morgan fingerprint density at radius 3 is 2.41 bits per heavy atom. The zero-order chi connectivity index (χ0) is 12.8. The number of likely N-dealkylation sites (N-methyl/N-ethyl adjacent to an activating group) is 1. The Bertz CT molecular complexity index is 363. The highest BCUT2D eigenvalue weighted by molar-refractivity contribution is 5.67. The van der Waals surface area contributed by atoms with Gasteiger partial charge >= 0.3 is 6.09 Å². The Morgan fingerprint density at radius 2 is 1.94 bits per heavy atom. The summed E-state index contributed by atoms with van der Waals surface area (Å²) in [7, 11) is 4.45. The molecule has 0 radical (unpaired) electrons. The Labute approximate surface area is 101 Å². The Kier molecular flexibility index (Phi) is 4.78. The molecular formula is C12H17NO4. The number of hydrogen-bond acceptors (Lipinski definition) is 4. The molecule has 0 aliphatic rings. The summed E-state index contributed by atoms with van der Waals surface area (Å²) in [6.45, 7) is 0.180. The molecule has 0 aliphatic heterocycles. The van der Waals surface area contributed by atoms with Gasteiger partial charge in [-0.3, -0.25) is 0 Å². The molecule has 0 saturated heterocycles. The van der Waals surface area contributed by atoms with Gasteiger partial charge in [0.2, 0.25) is 0 Å². The number of amides is 1. The molecule has 1 unspecified atom stereocenters. The van der Waals surface area contributed by atoms with Crippen LogP contribution >= 0.6 is 0 Å². The molecule has 1 aromatic rings. The van der Waals surface area contributed by atoms with Crippen LogP contribution in [-0.2, 0) is 4.74 Å². The van der Waals surface area contributed by atoms with Crippen molar-refractivity contribution in [2.45, 2.75) is 6.10 Å². The minimum atomic E-state index is -0.745. The standard InChI is InChI=1S/C12H17NO4/c1-13(12(15)17-3)8-11(14)9-4-6-10(16-2)7-5-9/h4-7,11,14H,8H2,1-3H3. The molecule has 1 N–H and O–H groups in total. The quantitative estimate of drug-likeness (QED) is 0.863. The van der Waals surface area contributed by atoms with Crippen LogP contribution in [0.25, 0.3) is 0 Å². The lowest BCUT2D eigenvalue weighted by Crippen LogP contribution is -2.30. The van der Waals surface area contributed by atoms with E-state index in [2.05, 4.69) is 4.74 Å². The third-order valence-corrected chi connectivity index (χ3v) is 2.43. The van der Waals surface area contributed by atoms with Gasteiger partial charge in [-0.15, -0.1) is 0 Å². The molecular weight excluding hydrogens is 222 g/mol. The van der Waals surface area contributed by atoms with Gasteiger partial charge in [-0.25, -0.2) is 4.79 Å². The minimum absolute atomic E-state index is 0.180. The second kappa shape index (κ2) is 6.10. The van der Waals surface area contributed by atoms with Crippen LogP contribution in [-0.4, -0.2) is 43.9 Å². The predicted molar refractivity (Wildman–Crippen MR) is 63.0 cm³/mol. The number of aliphatic hydroxyl groups excluding tert-OH is 1. The Morgan fingerprint density at radius 1 is 1.35 bits per heavy atom. The third kappa shape index (κ3) is 3.64. The SMILES string of the molecule is COC(=O)N(C)CC(O)c1ccc(OC)cc1. The third-order valence-electron chi connectivity index (χ3n) is 2.43. The van der Waals surface area contributed by atoms with E-state index in [4.69, 9.17) is 4.74 Å². The van der Waals surface area contributed by atoms with Crippen molar-refractivity contribution in [3.05, 3.63) is 29.8 Å². The van der Waals surface area contributed by atoms with Gasteiger partial charge in [-0.05, 0) is 17.7 Å². The van der Waals surface area contributed by atoms with Crippen molar-refractivity contribution >= 4 is 6.09 Å². The molecule has 17 heavy (non-hydrogen) atoms. The van der Waals surface area contributed by atoms with Crippen LogP contribution in [0.5, 0.6) is 5.75 Å². The van der Waals surface area contributed by atoms with E-state index in [1.54, 1.807) is 38.4 Å². The van der Waals surface area contributed by atoms with Gasteiger partial charge in [-0.2, -0.15) is 0 Å². The zero-order valence-electron chi connectivity index (χ0n) is 10.2. The average molecular weight is 239 g/mol. The van der Waals surface area contributed by atoms with Gasteiger partial charge in [0.05, 0.1) is 26.9 Å². The summed E-state index contributed by atoms with van der Waals surface area (Å²) in [6.07, 6.45) is -1.22. The van der Waals surface area contributed by atoms with Crippen molar-refractivity contribution < 1.29 is 19.4 Å². The topological polar surface area (TPSA) is 59.0 Å². The molecule has 94 valence electrons. The fourth-order valence-corrected chi connectivity index (χ4v) is 1.42. The van der Waals surface area contributed by atoms with Gasteiger partial charge in [0.15, 0.2) is 0 Å². The summed E-state index contributed by atoms with van der Waals surface area (Å²) in [5, 5.41) is 9.91. The smallest absolute Gasteiger partial charge is 0.409 e. The Hall–Kier alpha value is -1.75. The van der Waals surface area contributed by atoms with Gasteiger partial charge in [0.1, 0.15) is 5.75 Å². The lowest BCUT2D eigenvalue weighted by atomic mass is 10.1. The maximum Gasteiger partial charge on any atom is 0.409 e. The van der Waals surface area contributed by atoms with E-state index in [1.807, 2.05) is 0 Å². The van der Waals surface area contributed by atoms with E-state index in [0.29, 0.717) is 0 Å². The molecule has 5 nitrogen and oxygen atoms in total. The van der Waals surface area contributed by atoms with Gasteiger partial charge < -0.3 is 19.5 Å². The fourth-order valence-electron chi connectivity index (χ4n) is 1.42. The first-order valence-electron chi connectivity index (χ1n) is 5.19. The van der Waals surface area contributed by atoms with Crippen LogP contribution in [0.4, 0.5) is 4.79 Å². The van der Waals surface area contributed by atoms with E-state index in [1.165, 1.54) is 12.0 Å². The van der Waals surface area contributed by atoms with E-state index in [0.717, 1.165) is 11.3 Å². The van der Waals surface area contributed by atoms with E-state index >= 15 is 0 Å². The highest BCUT2D eigenvalue weighted by Crippen LogP contribution is 2.18. The van der Waals surface area contributed by atoms with Gasteiger partial charge in [-0.1, -0.05) is 12.1 Å². The summed E-state index contributed by atoms with van der Waals surface area (Å²) < 4.78 is 9.56. The average Bonchev–Trinajstić information content (AvgIpc) is 2.37. The molecule has 0 bridgehead atoms. The maximum atomic E-state index is 11.2. The number of rotatable bonds is 4. The second-order valence-electron chi connectivity index (χ2n) is 3.64. The summed E-state index contributed by atoms with van der Waals surface area (Å²) in [4.78, 5) is 12.5. The lowest BCUT2D eigenvalue weighted by Gasteiger charge is -2.19. The summed E-state index contributed by atoms with van der Waals surface area (Å²) in [6, 6.07) is 7.04. The van der Waals surface area contributed by atoms with Crippen LogP contribution < -0.4 is 4.74 Å². The van der Waals surface area contributed by atoms with Crippen molar-refractivity contribution in [3.63, 3.8) is 0 Å². The number of ether oxygens (including phenoxy) is 2. The molecule has 0 aromatic heterocycles. The number of nitrogens with zero attached hydrogens (tertiary/aromatic N) is 1. The molecule has 1 atom stereocenters. The van der Waals surface area contributed by atoms with Crippen molar-refractivity contribution in [2.24, 2.45) is 0 Å². The van der Waals surface area contributed by atoms with Crippen LogP contribution in [0.1, 0.15) is 11.7 Å². The molecule has 0 spiro atoms. The highest BCUT2D eigenvalue weighted by atomic mass is 16.5. The van der Waals surface area contributed by atoms with Crippen molar-refractivity contribution in [1.29, 1.82) is 0 Å². The largest absolute Gasteiger partial charge is 0.497 e. The van der Waals surface area contributed by atoms with Crippen LogP contribution in [0.15, 0.2) is 24.3 Å². The number of aliphatic hydroxyl groups is 1. The maximum absolute atomic E-state index is 11.2. The molecule has 0 heterocycles. The highest BCUT2D eigenvalue weighted by Gasteiger charge is 2.15. The van der Waals surface area contributed by atoms with Gasteiger partial charge in [0, 0.05) is 7.05 Å². The lowest BCUT2D eigenvalue weighted by molar-refractivity contribution is 0.0964. The summed E-state index contributed by atoms with van der Waals surface area (Å²) in [5.74, 6) is 0.724. The van der Waals surface area contributed by atoms with Crippen molar-refractivity contribution in [1.82, 2.24) is 4.90 Å². The summed E-state index contributed by atoms with van der Waals surface area (Å²) >= 11 is 0. The van der Waals surface area contributed by atoms with Gasteiger partial charge in [0.25, 0.3) is 0 Å². The molecule has 0 saturated carbocycles. The minimum Gasteiger partial charge on any atom is -0.497 e. The fraction of sp³-hybridized carbons (Fsp3) is 0.417. The van der Waals surface area contributed by atoms with E-state index in [9.17, 15) is 9.90 Å². The predicted octanol–water partition coefficient (Wildman–Crippen LogP) is 1.43. The second-order valence-corrected chi connectivity index (χ2v) is 3.64. The molecule has 0 fully saturated rings. The number of carbonyl (C=O) groups is 1. The van der Waals surface area contributed by atoms with Crippen LogP contribution in [0, 0.1) is 0 Å². The monoisotopic (exact) mass is 239 g/mol.